The third-order valence-electron chi connectivity index (χ3n) is 3.60. The SMILES string of the molecule is CC(Cc1ccc(F)c(Br)c1)C(=O)NCCC(C)(C)C(=O)O. The van der Waals surface area contributed by atoms with E-state index in [1.807, 2.05) is 0 Å². The summed E-state index contributed by atoms with van der Waals surface area (Å²) in [5.41, 5.74) is 0.0000105. The number of carbonyl (C=O) groups is 2. The first kappa shape index (κ1) is 18.6. The van der Waals surface area contributed by atoms with Gasteiger partial charge in [-0.1, -0.05) is 13.0 Å². The highest BCUT2D eigenvalue weighted by Gasteiger charge is 2.26. The Morgan fingerprint density at radius 3 is 2.59 bits per heavy atom. The average molecular weight is 374 g/mol. The van der Waals surface area contributed by atoms with Gasteiger partial charge in [0.25, 0.3) is 0 Å². The molecule has 0 radical (unpaired) electrons. The minimum atomic E-state index is -0.883. The molecule has 1 rings (SSSR count). The van der Waals surface area contributed by atoms with Crippen LogP contribution >= 0.6 is 15.9 Å². The van der Waals surface area contributed by atoms with E-state index in [1.54, 1.807) is 32.9 Å². The molecule has 0 fully saturated rings. The fraction of sp³-hybridized carbons (Fsp3) is 0.500. The molecule has 0 saturated carbocycles. The van der Waals surface area contributed by atoms with Crippen LogP contribution in [0.15, 0.2) is 22.7 Å². The van der Waals surface area contributed by atoms with E-state index in [1.165, 1.54) is 6.07 Å². The normalized spacial score (nSPS) is 12.8. The molecule has 0 aliphatic rings. The Morgan fingerprint density at radius 1 is 1.41 bits per heavy atom. The summed E-state index contributed by atoms with van der Waals surface area (Å²) in [6.45, 7) is 5.35. The quantitative estimate of drug-likeness (QED) is 0.769. The van der Waals surface area contributed by atoms with Gasteiger partial charge in [-0.25, -0.2) is 4.39 Å². The van der Waals surface area contributed by atoms with Crippen LogP contribution in [0.2, 0.25) is 0 Å². The summed E-state index contributed by atoms with van der Waals surface area (Å²) in [5, 5.41) is 11.8. The van der Waals surface area contributed by atoms with Crippen molar-refractivity contribution in [3.05, 3.63) is 34.1 Å². The van der Waals surface area contributed by atoms with E-state index in [0.29, 0.717) is 23.9 Å². The fourth-order valence-corrected chi connectivity index (χ4v) is 2.32. The summed E-state index contributed by atoms with van der Waals surface area (Å²) in [5.74, 6) is -1.63. The molecule has 22 heavy (non-hydrogen) atoms. The third-order valence-corrected chi connectivity index (χ3v) is 4.21. The Balaban J connectivity index is 2.48. The van der Waals surface area contributed by atoms with Gasteiger partial charge in [-0.3, -0.25) is 9.59 Å². The standard InChI is InChI=1S/C16H21BrFNO3/c1-10(8-11-4-5-13(18)12(17)9-11)14(20)19-7-6-16(2,3)15(21)22/h4-5,9-10H,6-8H2,1-3H3,(H,19,20)(H,21,22). The van der Waals surface area contributed by atoms with E-state index in [0.717, 1.165) is 5.56 Å². The van der Waals surface area contributed by atoms with Crippen LogP contribution < -0.4 is 5.32 Å². The molecule has 0 aliphatic carbocycles. The number of aliphatic carboxylic acids is 1. The highest BCUT2D eigenvalue weighted by atomic mass is 79.9. The minimum absolute atomic E-state index is 0.137. The number of amides is 1. The second kappa shape index (κ2) is 7.72. The van der Waals surface area contributed by atoms with Crippen molar-refractivity contribution < 1.29 is 19.1 Å². The summed E-state index contributed by atoms with van der Waals surface area (Å²) in [4.78, 5) is 23.0. The van der Waals surface area contributed by atoms with Crippen LogP contribution in [0, 0.1) is 17.2 Å². The number of halogens is 2. The molecular formula is C16H21BrFNO3. The number of nitrogens with one attached hydrogen (secondary N) is 1. The maximum absolute atomic E-state index is 13.2. The van der Waals surface area contributed by atoms with Crippen LogP contribution in [0.5, 0.6) is 0 Å². The molecule has 1 unspecified atom stereocenters. The number of hydrogen-bond donors (Lipinski definition) is 2. The van der Waals surface area contributed by atoms with Crippen molar-refractivity contribution in [2.24, 2.45) is 11.3 Å². The fourth-order valence-electron chi connectivity index (χ4n) is 1.89. The number of carbonyl (C=O) groups excluding carboxylic acids is 1. The molecule has 1 atom stereocenters. The molecule has 2 N–H and O–H groups in total. The van der Waals surface area contributed by atoms with Crippen molar-refractivity contribution in [2.45, 2.75) is 33.6 Å². The second-order valence-electron chi connectivity index (χ2n) is 6.08. The number of carboxylic acids is 1. The van der Waals surface area contributed by atoms with Crippen molar-refractivity contribution in [3.8, 4) is 0 Å². The molecule has 0 saturated heterocycles. The molecule has 1 amide bonds. The van der Waals surface area contributed by atoms with Gasteiger partial charge in [0.1, 0.15) is 5.82 Å². The molecule has 0 spiro atoms. The Kier molecular flexibility index (Phi) is 6.53. The Bertz CT molecular complexity index is 560. The lowest BCUT2D eigenvalue weighted by Crippen LogP contribution is -2.35. The zero-order valence-corrected chi connectivity index (χ0v) is 14.5. The predicted octanol–water partition coefficient (Wildman–Crippen LogP) is 3.38. The van der Waals surface area contributed by atoms with Gasteiger partial charge < -0.3 is 10.4 Å². The van der Waals surface area contributed by atoms with Crippen LogP contribution in [0.1, 0.15) is 32.8 Å². The van der Waals surface area contributed by atoms with Crippen LogP contribution in [0.25, 0.3) is 0 Å². The molecule has 0 aromatic heterocycles. The summed E-state index contributed by atoms with van der Waals surface area (Å²) in [7, 11) is 0. The zero-order chi connectivity index (χ0) is 16.9. The van der Waals surface area contributed by atoms with Gasteiger partial charge in [-0.2, -0.15) is 0 Å². The summed E-state index contributed by atoms with van der Waals surface area (Å²) in [6, 6.07) is 4.67. The summed E-state index contributed by atoms with van der Waals surface area (Å²) < 4.78 is 13.5. The van der Waals surface area contributed by atoms with Crippen LogP contribution in [-0.4, -0.2) is 23.5 Å². The highest BCUT2D eigenvalue weighted by Crippen LogP contribution is 2.20. The molecule has 0 bridgehead atoms. The summed E-state index contributed by atoms with van der Waals surface area (Å²) in [6.07, 6.45) is 0.857. The van der Waals surface area contributed by atoms with Crippen molar-refractivity contribution in [1.82, 2.24) is 5.32 Å². The Hall–Kier alpha value is -1.43. The van der Waals surface area contributed by atoms with Gasteiger partial charge in [-0.15, -0.1) is 0 Å². The van der Waals surface area contributed by atoms with E-state index in [9.17, 15) is 14.0 Å². The first-order chi connectivity index (χ1) is 10.1. The number of rotatable bonds is 7. The number of hydrogen-bond acceptors (Lipinski definition) is 2. The minimum Gasteiger partial charge on any atom is -0.481 e. The number of carboxylic acid groups (broad SMARTS) is 1. The highest BCUT2D eigenvalue weighted by molar-refractivity contribution is 9.10. The first-order valence-electron chi connectivity index (χ1n) is 7.08. The lowest BCUT2D eigenvalue weighted by Gasteiger charge is -2.20. The van der Waals surface area contributed by atoms with E-state index >= 15 is 0 Å². The van der Waals surface area contributed by atoms with Crippen LogP contribution in [-0.2, 0) is 16.0 Å². The van der Waals surface area contributed by atoms with E-state index < -0.39 is 11.4 Å². The molecule has 4 nitrogen and oxygen atoms in total. The van der Waals surface area contributed by atoms with Crippen molar-refractivity contribution in [2.75, 3.05) is 6.54 Å². The third kappa shape index (κ3) is 5.40. The lowest BCUT2D eigenvalue weighted by molar-refractivity contribution is -0.147. The van der Waals surface area contributed by atoms with E-state index in [4.69, 9.17) is 5.11 Å². The molecule has 122 valence electrons. The first-order valence-corrected chi connectivity index (χ1v) is 7.88. The van der Waals surface area contributed by atoms with Crippen molar-refractivity contribution >= 4 is 27.8 Å². The lowest BCUT2D eigenvalue weighted by atomic mass is 9.89. The zero-order valence-electron chi connectivity index (χ0n) is 13.0. The summed E-state index contributed by atoms with van der Waals surface area (Å²) >= 11 is 3.12. The molecule has 1 aromatic carbocycles. The molecular weight excluding hydrogens is 353 g/mol. The maximum atomic E-state index is 13.2. The van der Waals surface area contributed by atoms with Crippen LogP contribution in [0.4, 0.5) is 4.39 Å². The largest absolute Gasteiger partial charge is 0.481 e. The van der Waals surface area contributed by atoms with Gasteiger partial charge >= 0.3 is 5.97 Å². The monoisotopic (exact) mass is 373 g/mol. The topological polar surface area (TPSA) is 66.4 Å². The molecule has 0 heterocycles. The van der Waals surface area contributed by atoms with Crippen molar-refractivity contribution in [3.63, 3.8) is 0 Å². The molecule has 0 aliphatic heterocycles. The Labute approximate surface area is 138 Å². The van der Waals surface area contributed by atoms with E-state index in [2.05, 4.69) is 21.2 Å². The second-order valence-corrected chi connectivity index (χ2v) is 6.94. The van der Waals surface area contributed by atoms with Gasteiger partial charge in [0.2, 0.25) is 5.91 Å². The van der Waals surface area contributed by atoms with Crippen LogP contribution in [0.3, 0.4) is 0 Å². The molecule has 6 heteroatoms. The van der Waals surface area contributed by atoms with Crippen molar-refractivity contribution in [1.29, 1.82) is 0 Å². The smallest absolute Gasteiger partial charge is 0.309 e. The number of benzene rings is 1. The Morgan fingerprint density at radius 2 is 2.05 bits per heavy atom. The van der Waals surface area contributed by atoms with E-state index in [-0.39, 0.29) is 17.6 Å². The average Bonchev–Trinajstić information content (AvgIpc) is 2.42. The van der Waals surface area contributed by atoms with Gasteiger partial charge in [0.05, 0.1) is 9.89 Å². The van der Waals surface area contributed by atoms with Gasteiger partial charge in [0, 0.05) is 12.5 Å². The predicted molar refractivity (Wildman–Crippen MR) is 86.0 cm³/mol. The van der Waals surface area contributed by atoms with Gasteiger partial charge in [0.15, 0.2) is 0 Å². The maximum Gasteiger partial charge on any atom is 0.309 e. The van der Waals surface area contributed by atoms with Gasteiger partial charge in [-0.05, 0) is 60.3 Å². The molecule has 1 aromatic rings.